The Hall–Kier alpha value is -2.07. The zero-order valence-corrected chi connectivity index (χ0v) is 11.3. The molecule has 0 saturated heterocycles. The molecular formula is C15H12ClNO3. The minimum Gasteiger partial charge on any atom is -0.454 e. The van der Waals surface area contributed by atoms with Crippen LogP contribution in [0.5, 0.6) is 11.5 Å². The van der Waals surface area contributed by atoms with Crippen LogP contribution in [-0.2, 0) is 11.2 Å². The van der Waals surface area contributed by atoms with Crippen molar-refractivity contribution in [3.05, 3.63) is 53.9 Å². The van der Waals surface area contributed by atoms with Crippen LogP contribution < -0.4 is 9.47 Å². The molecule has 0 spiro atoms. The first-order valence-electron chi connectivity index (χ1n) is 6.22. The summed E-state index contributed by atoms with van der Waals surface area (Å²) in [5.74, 6) is 0.937. The van der Waals surface area contributed by atoms with E-state index in [2.05, 4.69) is 4.98 Å². The monoisotopic (exact) mass is 289 g/mol. The highest BCUT2D eigenvalue weighted by Crippen LogP contribution is 2.36. The van der Waals surface area contributed by atoms with Crippen molar-refractivity contribution in [2.75, 3.05) is 6.79 Å². The van der Waals surface area contributed by atoms with Crippen molar-refractivity contribution in [3.63, 3.8) is 0 Å². The minimum atomic E-state index is -0.409. The quantitative estimate of drug-likeness (QED) is 0.812. The highest BCUT2D eigenvalue weighted by Gasteiger charge is 2.22. The molecule has 2 heterocycles. The number of carbonyl (C=O) groups excluding carboxylic acids is 1. The Morgan fingerprint density at radius 2 is 1.95 bits per heavy atom. The Morgan fingerprint density at radius 3 is 2.70 bits per heavy atom. The minimum absolute atomic E-state index is 0.211. The summed E-state index contributed by atoms with van der Waals surface area (Å²) < 4.78 is 10.6. The van der Waals surface area contributed by atoms with Gasteiger partial charge in [-0.2, -0.15) is 0 Å². The van der Waals surface area contributed by atoms with E-state index in [1.54, 1.807) is 18.5 Å². The van der Waals surface area contributed by atoms with Crippen molar-refractivity contribution in [2.24, 2.45) is 0 Å². The van der Waals surface area contributed by atoms with Crippen LogP contribution in [0.1, 0.15) is 17.0 Å². The molecule has 1 atom stereocenters. The van der Waals surface area contributed by atoms with E-state index in [9.17, 15) is 4.79 Å². The molecule has 0 N–H and O–H groups in total. The lowest BCUT2D eigenvalue weighted by Gasteiger charge is -2.13. The van der Waals surface area contributed by atoms with Crippen LogP contribution in [0, 0.1) is 0 Å². The van der Waals surface area contributed by atoms with E-state index in [-0.39, 0.29) is 12.0 Å². The average molecular weight is 290 g/mol. The van der Waals surface area contributed by atoms with Gasteiger partial charge in [0.2, 0.25) is 12.0 Å². The summed E-state index contributed by atoms with van der Waals surface area (Å²) in [6, 6.07) is 9.21. The molecule has 0 radical (unpaired) electrons. The number of ether oxygens (including phenoxy) is 2. The van der Waals surface area contributed by atoms with Crippen molar-refractivity contribution < 1.29 is 14.3 Å². The van der Waals surface area contributed by atoms with Crippen LogP contribution in [0.4, 0.5) is 0 Å². The first kappa shape index (κ1) is 12.9. The molecule has 0 bridgehead atoms. The number of hydrogen-bond acceptors (Lipinski definition) is 4. The summed E-state index contributed by atoms with van der Waals surface area (Å²) in [6.07, 6.45) is 3.93. The van der Waals surface area contributed by atoms with Gasteiger partial charge in [0.1, 0.15) is 0 Å². The maximum absolute atomic E-state index is 11.7. The summed E-state index contributed by atoms with van der Waals surface area (Å²) in [5, 5.41) is -0.388. The topological polar surface area (TPSA) is 48.4 Å². The third-order valence-electron chi connectivity index (χ3n) is 3.26. The SMILES string of the molecule is O=C(Cl)C(Cc1ccncc1)c1ccc2c(c1)OCO2. The molecule has 4 nitrogen and oxygen atoms in total. The largest absolute Gasteiger partial charge is 0.454 e. The molecule has 102 valence electrons. The molecule has 1 aliphatic heterocycles. The number of fused-ring (bicyclic) bond motifs is 1. The maximum atomic E-state index is 11.7. The van der Waals surface area contributed by atoms with Gasteiger partial charge in [-0.1, -0.05) is 6.07 Å². The predicted octanol–water partition coefficient (Wildman–Crippen LogP) is 2.90. The lowest BCUT2D eigenvalue weighted by molar-refractivity contribution is -0.113. The second kappa shape index (κ2) is 5.51. The average Bonchev–Trinajstić information content (AvgIpc) is 2.93. The molecular weight excluding hydrogens is 278 g/mol. The first-order chi connectivity index (χ1) is 9.74. The molecule has 0 aliphatic carbocycles. The van der Waals surface area contributed by atoms with Gasteiger partial charge in [-0.3, -0.25) is 9.78 Å². The highest BCUT2D eigenvalue weighted by molar-refractivity contribution is 6.64. The van der Waals surface area contributed by atoms with E-state index in [0.29, 0.717) is 17.9 Å². The Bertz CT molecular complexity index is 630. The van der Waals surface area contributed by atoms with Gasteiger partial charge < -0.3 is 9.47 Å². The smallest absolute Gasteiger partial charge is 0.231 e. The van der Waals surface area contributed by atoms with Crippen molar-refractivity contribution in [1.82, 2.24) is 4.98 Å². The molecule has 2 aromatic rings. The highest BCUT2D eigenvalue weighted by atomic mass is 35.5. The molecule has 0 fully saturated rings. The Labute approximate surface area is 121 Å². The van der Waals surface area contributed by atoms with E-state index in [1.165, 1.54) is 0 Å². The van der Waals surface area contributed by atoms with E-state index in [1.807, 2.05) is 24.3 Å². The molecule has 3 rings (SSSR count). The van der Waals surface area contributed by atoms with Gasteiger partial charge in [-0.05, 0) is 53.4 Å². The second-order valence-electron chi connectivity index (χ2n) is 4.53. The van der Waals surface area contributed by atoms with E-state index < -0.39 is 5.92 Å². The van der Waals surface area contributed by atoms with Crippen molar-refractivity contribution >= 4 is 16.8 Å². The maximum Gasteiger partial charge on any atom is 0.231 e. The van der Waals surface area contributed by atoms with Crippen molar-refractivity contribution in [2.45, 2.75) is 12.3 Å². The van der Waals surface area contributed by atoms with E-state index in [4.69, 9.17) is 21.1 Å². The van der Waals surface area contributed by atoms with Gasteiger partial charge in [-0.15, -0.1) is 0 Å². The summed E-state index contributed by atoms with van der Waals surface area (Å²) >= 11 is 5.75. The van der Waals surface area contributed by atoms with Crippen LogP contribution >= 0.6 is 11.6 Å². The number of carbonyl (C=O) groups is 1. The Morgan fingerprint density at radius 1 is 1.20 bits per heavy atom. The molecule has 1 aromatic heterocycles. The number of hydrogen-bond donors (Lipinski definition) is 0. The van der Waals surface area contributed by atoms with Crippen LogP contribution in [-0.4, -0.2) is 17.0 Å². The third kappa shape index (κ3) is 2.60. The molecule has 1 unspecified atom stereocenters. The van der Waals surface area contributed by atoms with Crippen molar-refractivity contribution in [1.29, 1.82) is 0 Å². The van der Waals surface area contributed by atoms with Gasteiger partial charge in [-0.25, -0.2) is 0 Å². The lowest BCUT2D eigenvalue weighted by atomic mass is 9.93. The Balaban J connectivity index is 1.89. The van der Waals surface area contributed by atoms with Crippen LogP contribution in [0.2, 0.25) is 0 Å². The standard InChI is InChI=1S/C15H12ClNO3/c16-15(18)12(7-10-3-5-17-6-4-10)11-1-2-13-14(8-11)20-9-19-13/h1-6,8,12H,7,9H2. The summed E-state index contributed by atoms with van der Waals surface area (Å²) in [6.45, 7) is 0.211. The predicted molar refractivity (Wildman–Crippen MR) is 74.1 cm³/mol. The molecule has 5 heteroatoms. The number of benzene rings is 1. The van der Waals surface area contributed by atoms with Crippen LogP contribution in [0.3, 0.4) is 0 Å². The summed E-state index contributed by atoms with van der Waals surface area (Å²) in [5.41, 5.74) is 1.84. The van der Waals surface area contributed by atoms with Crippen LogP contribution in [0.15, 0.2) is 42.7 Å². The van der Waals surface area contributed by atoms with E-state index in [0.717, 1.165) is 11.1 Å². The second-order valence-corrected chi connectivity index (χ2v) is 4.90. The van der Waals surface area contributed by atoms with Gasteiger partial charge >= 0.3 is 0 Å². The molecule has 1 aromatic carbocycles. The fourth-order valence-corrected chi connectivity index (χ4v) is 2.42. The number of halogens is 1. The van der Waals surface area contributed by atoms with Gasteiger partial charge in [0, 0.05) is 12.4 Å². The molecule has 20 heavy (non-hydrogen) atoms. The molecule has 0 amide bonds. The molecule has 1 aliphatic rings. The normalized spacial score (nSPS) is 14.1. The van der Waals surface area contributed by atoms with Gasteiger partial charge in [0.25, 0.3) is 0 Å². The number of pyridine rings is 1. The number of rotatable bonds is 4. The van der Waals surface area contributed by atoms with Gasteiger partial charge in [0.05, 0.1) is 5.92 Å². The Kier molecular flexibility index (Phi) is 3.56. The molecule has 0 saturated carbocycles. The zero-order chi connectivity index (χ0) is 13.9. The fourth-order valence-electron chi connectivity index (χ4n) is 2.21. The van der Waals surface area contributed by atoms with E-state index >= 15 is 0 Å². The van der Waals surface area contributed by atoms with Gasteiger partial charge in [0.15, 0.2) is 11.5 Å². The number of nitrogens with zero attached hydrogens (tertiary/aromatic N) is 1. The first-order valence-corrected chi connectivity index (χ1v) is 6.59. The fraction of sp³-hybridized carbons (Fsp3) is 0.200. The van der Waals surface area contributed by atoms with Crippen molar-refractivity contribution in [3.8, 4) is 11.5 Å². The third-order valence-corrected chi connectivity index (χ3v) is 3.53. The summed E-state index contributed by atoms with van der Waals surface area (Å²) in [4.78, 5) is 15.7. The number of aromatic nitrogens is 1. The van der Waals surface area contributed by atoms with Crippen LogP contribution in [0.25, 0.3) is 0 Å². The zero-order valence-electron chi connectivity index (χ0n) is 10.6. The lowest BCUT2D eigenvalue weighted by Crippen LogP contribution is -2.10. The summed E-state index contributed by atoms with van der Waals surface area (Å²) in [7, 11) is 0.